The number of ether oxygens (including phenoxy) is 3. The first-order valence-corrected chi connectivity index (χ1v) is 29.3. The van der Waals surface area contributed by atoms with E-state index < -0.39 is 6.10 Å². The summed E-state index contributed by atoms with van der Waals surface area (Å²) >= 11 is 0. The molecule has 1 unspecified atom stereocenters. The molecule has 0 radical (unpaired) electrons. The Balaban J connectivity index is 4.52. The Bertz CT molecular complexity index is 1630. The fourth-order valence-electron chi connectivity index (χ4n) is 7.47. The molecule has 0 aliphatic heterocycles. The van der Waals surface area contributed by atoms with Crippen LogP contribution in [0.2, 0.25) is 0 Å². The maximum Gasteiger partial charge on any atom is 0.306 e. The molecule has 0 saturated heterocycles. The zero-order chi connectivity index (χ0) is 52.9. The number of hydrogen-bond acceptors (Lipinski definition) is 6. The van der Waals surface area contributed by atoms with E-state index in [2.05, 4.69) is 167 Å². The molecule has 0 aromatic rings. The molecule has 0 aliphatic carbocycles. The van der Waals surface area contributed by atoms with Gasteiger partial charge in [-0.3, -0.25) is 14.4 Å². The van der Waals surface area contributed by atoms with Crippen LogP contribution in [0.1, 0.15) is 239 Å². The van der Waals surface area contributed by atoms with Crippen LogP contribution in [-0.4, -0.2) is 37.2 Å². The van der Waals surface area contributed by atoms with Gasteiger partial charge in [-0.15, -0.1) is 0 Å². The highest BCUT2D eigenvalue weighted by molar-refractivity contribution is 5.71. The molecule has 0 N–H and O–H groups in total. The summed E-state index contributed by atoms with van der Waals surface area (Å²) < 4.78 is 16.8. The molecule has 6 heteroatoms. The highest BCUT2D eigenvalue weighted by Crippen LogP contribution is 2.13. The summed E-state index contributed by atoms with van der Waals surface area (Å²) in [6, 6.07) is 0. The summed E-state index contributed by atoms with van der Waals surface area (Å²) in [4.78, 5) is 38.2. The van der Waals surface area contributed by atoms with E-state index >= 15 is 0 Å². The van der Waals surface area contributed by atoms with Gasteiger partial charge in [0.15, 0.2) is 6.10 Å². The van der Waals surface area contributed by atoms with Crippen LogP contribution < -0.4 is 0 Å². The van der Waals surface area contributed by atoms with Crippen LogP contribution in [0.15, 0.2) is 146 Å². The quantitative estimate of drug-likeness (QED) is 0.0261. The molecule has 0 aliphatic rings. The lowest BCUT2D eigenvalue weighted by Crippen LogP contribution is -2.30. The molecule has 73 heavy (non-hydrogen) atoms. The third-order valence-electron chi connectivity index (χ3n) is 11.8. The van der Waals surface area contributed by atoms with Crippen molar-refractivity contribution in [3.63, 3.8) is 0 Å². The summed E-state index contributed by atoms with van der Waals surface area (Å²) in [5.74, 6) is -0.992. The molecular formula is C67H106O6. The molecule has 0 rings (SSSR count). The molecule has 6 nitrogen and oxygen atoms in total. The van der Waals surface area contributed by atoms with E-state index in [-0.39, 0.29) is 31.1 Å². The first-order valence-electron chi connectivity index (χ1n) is 29.3. The number of carbonyl (C=O) groups excluding carboxylic acids is 3. The summed E-state index contributed by atoms with van der Waals surface area (Å²) in [6.45, 7) is 6.31. The van der Waals surface area contributed by atoms with E-state index in [4.69, 9.17) is 14.2 Å². The lowest BCUT2D eigenvalue weighted by Gasteiger charge is -2.18. The van der Waals surface area contributed by atoms with Crippen LogP contribution in [0.3, 0.4) is 0 Å². The van der Waals surface area contributed by atoms with Gasteiger partial charge in [0.05, 0.1) is 0 Å². The molecule has 0 saturated carbocycles. The Hall–Kier alpha value is -4.71. The summed E-state index contributed by atoms with van der Waals surface area (Å²) in [6.07, 6.45) is 85.5. The average molecular weight is 1010 g/mol. The predicted molar refractivity (Wildman–Crippen MR) is 315 cm³/mol. The van der Waals surface area contributed by atoms with Crippen LogP contribution in [-0.2, 0) is 28.6 Å². The van der Waals surface area contributed by atoms with Crippen molar-refractivity contribution in [2.45, 2.75) is 245 Å². The van der Waals surface area contributed by atoms with Crippen molar-refractivity contribution in [3.05, 3.63) is 146 Å². The van der Waals surface area contributed by atoms with Crippen molar-refractivity contribution >= 4 is 17.9 Å². The molecule has 0 heterocycles. The zero-order valence-electron chi connectivity index (χ0n) is 46.8. The number of carbonyl (C=O) groups is 3. The summed E-state index contributed by atoms with van der Waals surface area (Å²) in [7, 11) is 0. The van der Waals surface area contributed by atoms with Gasteiger partial charge in [0.2, 0.25) is 0 Å². The molecule has 0 fully saturated rings. The van der Waals surface area contributed by atoms with E-state index in [1.165, 1.54) is 51.4 Å². The number of hydrogen-bond donors (Lipinski definition) is 0. The minimum Gasteiger partial charge on any atom is -0.462 e. The van der Waals surface area contributed by atoms with Crippen molar-refractivity contribution in [2.75, 3.05) is 13.2 Å². The maximum absolute atomic E-state index is 12.9. The van der Waals surface area contributed by atoms with Crippen molar-refractivity contribution in [3.8, 4) is 0 Å². The van der Waals surface area contributed by atoms with E-state index in [0.717, 1.165) is 141 Å². The normalized spacial score (nSPS) is 13.2. The standard InChI is InChI=1S/C67H106O6/c1-4-7-10-13-16-19-22-25-28-30-31-32-33-34-35-37-39-42-45-48-51-54-57-60-66(69)72-63-64(62-71-65(68)59-56-53-50-47-44-41-38-27-24-21-18-15-12-9-6-3)73-67(70)61-58-55-52-49-46-43-40-36-29-26-23-20-17-14-11-8-5-2/h7,9-10,12,16-21,25-29,31-32,34-35,38-39,42,44,47,64H,4-6,8,11,13-15,22-24,30,33,36-37,40-41,43,45-46,48-63H2,1-3H3/b10-7-,12-9-,19-16-,20-17-,21-18-,28-25-,29-26-,32-31-,35-34-,38-27-,42-39-,47-44-. The van der Waals surface area contributed by atoms with Gasteiger partial charge in [-0.25, -0.2) is 0 Å². The molecular weight excluding hydrogens is 901 g/mol. The Kier molecular flexibility index (Phi) is 56.0. The summed E-state index contributed by atoms with van der Waals surface area (Å²) in [5.41, 5.74) is 0. The molecule has 410 valence electrons. The fourth-order valence-corrected chi connectivity index (χ4v) is 7.47. The van der Waals surface area contributed by atoms with Crippen molar-refractivity contribution < 1.29 is 28.6 Å². The lowest BCUT2D eigenvalue weighted by atomic mass is 10.1. The number of esters is 3. The second kappa shape index (κ2) is 59.8. The Labute approximate surface area is 448 Å². The number of rotatable bonds is 51. The van der Waals surface area contributed by atoms with Crippen molar-refractivity contribution in [2.24, 2.45) is 0 Å². The molecule has 0 bridgehead atoms. The Morgan fingerprint density at radius 1 is 0.288 bits per heavy atom. The molecule has 0 amide bonds. The molecule has 0 spiro atoms. The van der Waals surface area contributed by atoms with Gasteiger partial charge >= 0.3 is 17.9 Å². The highest BCUT2D eigenvalue weighted by atomic mass is 16.6. The van der Waals surface area contributed by atoms with Gasteiger partial charge in [-0.2, -0.15) is 0 Å². The van der Waals surface area contributed by atoms with Gasteiger partial charge < -0.3 is 14.2 Å². The molecule has 1 atom stereocenters. The largest absolute Gasteiger partial charge is 0.462 e. The SMILES string of the molecule is CC/C=C\C/C=C\C/C=C\C/C=C\C/C=C\C/C=C\CCCCCCC(=O)OCC(COC(=O)CCCC/C=C\C/C=C\C/C=C\C/C=C\CC)OC(=O)CCCCCCCCC/C=C\C/C=C\CCCCC. The Morgan fingerprint density at radius 3 is 0.863 bits per heavy atom. The van der Waals surface area contributed by atoms with Crippen LogP contribution in [0.5, 0.6) is 0 Å². The van der Waals surface area contributed by atoms with Crippen LogP contribution in [0.25, 0.3) is 0 Å². The van der Waals surface area contributed by atoms with E-state index in [1.807, 2.05) is 0 Å². The van der Waals surface area contributed by atoms with Gasteiger partial charge in [0.25, 0.3) is 0 Å². The Morgan fingerprint density at radius 2 is 0.534 bits per heavy atom. The monoisotopic (exact) mass is 1010 g/mol. The first kappa shape index (κ1) is 68.3. The minimum atomic E-state index is -0.818. The van der Waals surface area contributed by atoms with Crippen LogP contribution in [0.4, 0.5) is 0 Å². The molecule has 0 aromatic heterocycles. The highest BCUT2D eigenvalue weighted by Gasteiger charge is 2.19. The van der Waals surface area contributed by atoms with Gasteiger partial charge in [-0.1, -0.05) is 224 Å². The van der Waals surface area contributed by atoms with Crippen LogP contribution >= 0.6 is 0 Å². The predicted octanol–water partition coefficient (Wildman–Crippen LogP) is 20.0. The summed E-state index contributed by atoms with van der Waals surface area (Å²) in [5, 5.41) is 0. The van der Waals surface area contributed by atoms with E-state index in [9.17, 15) is 14.4 Å². The third kappa shape index (κ3) is 58.1. The van der Waals surface area contributed by atoms with Crippen molar-refractivity contribution in [1.29, 1.82) is 0 Å². The first-order chi connectivity index (χ1) is 36.0. The minimum absolute atomic E-state index is 0.114. The van der Waals surface area contributed by atoms with Gasteiger partial charge in [0, 0.05) is 19.3 Å². The molecule has 0 aromatic carbocycles. The second-order valence-corrected chi connectivity index (χ2v) is 18.8. The number of unbranched alkanes of at least 4 members (excludes halogenated alkanes) is 16. The van der Waals surface area contributed by atoms with E-state index in [0.29, 0.717) is 25.7 Å². The van der Waals surface area contributed by atoms with E-state index in [1.54, 1.807) is 0 Å². The van der Waals surface area contributed by atoms with Gasteiger partial charge in [0.1, 0.15) is 13.2 Å². The van der Waals surface area contributed by atoms with Gasteiger partial charge in [-0.05, 0) is 141 Å². The smallest absolute Gasteiger partial charge is 0.306 e. The average Bonchev–Trinajstić information content (AvgIpc) is 3.39. The number of allylic oxidation sites excluding steroid dienone is 24. The zero-order valence-corrected chi connectivity index (χ0v) is 46.8. The fraction of sp³-hybridized carbons (Fsp3) is 0.597. The van der Waals surface area contributed by atoms with Crippen LogP contribution in [0, 0.1) is 0 Å². The van der Waals surface area contributed by atoms with Crippen molar-refractivity contribution in [1.82, 2.24) is 0 Å². The second-order valence-electron chi connectivity index (χ2n) is 18.8. The maximum atomic E-state index is 12.9. The third-order valence-corrected chi connectivity index (χ3v) is 11.8. The lowest BCUT2D eigenvalue weighted by molar-refractivity contribution is -0.167. The topological polar surface area (TPSA) is 78.9 Å².